The fourth-order valence-corrected chi connectivity index (χ4v) is 1.76. The van der Waals surface area contributed by atoms with Crippen LogP contribution in [0.25, 0.3) is 0 Å². The van der Waals surface area contributed by atoms with Gasteiger partial charge in [-0.25, -0.2) is 4.79 Å². The monoisotopic (exact) mass is 279 g/mol. The molecular weight excluding hydrogens is 254 g/mol. The summed E-state index contributed by atoms with van der Waals surface area (Å²) < 4.78 is 5.21. The first-order valence-electron chi connectivity index (χ1n) is 6.81. The second-order valence-electron chi connectivity index (χ2n) is 5.68. The molecule has 2 amide bonds. The molecule has 0 unspecified atom stereocenters. The van der Waals surface area contributed by atoms with Gasteiger partial charge in [-0.1, -0.05) is 6.07 Å². The third-order valence-electron chi connectivity index (χ3n) is 2.68. The molecule has 0 aliphatic heterocycles. The van der Waals surface area contributed by atoms with Gasteiger partial charge in [0.2, 0.25) is 0 Å². The van der Waals surface area contributed by atoms with Crippen LogP contribution in [0.3, 0.4) is 0 Å². The number of nitrogens with one attached hydrogen (secondary N) is 1. The molecule has 112 valence electrons. The average Bonchev–Trinajstić information content (AvgIpc) is 2.37. The van der Waals surface area contributed by atoms with Crippen molar-refractivity contribution >= 4 is 11.7 Å². The van der Waals surface area contributed by atoms with E-state index in [0.29, 0.717) is 13.1 Å². The van der Waals surface area contributed by atoms with Gasteiger partial charge >= 0.3 is 6.03 Å². The van der Waals surface area contributed by atoms with E-state index in [4.69, 9.17) is 10.5 Å². The molecule has 0 saturated heterocycles. The minimum Gasteiger partial charge on any atom is -0.497 e. The topological polar surface area (TPSA) is 67.6 Å². The predicted molar refractivity (Wildman–Crippen MR) is 82.3 cm³/mol. The van der Waals surface area contributed by atoms with Gasteiger partial charge in [-0.2, -0.15) is 0 Å². The smallest absolute Gasteiger partial charge is 0.322 e. The van der Waals surface area contributed by atoms with E-state index in [1.54, 1.807) is 12.0 Å². The minimum absolute atomic E-state index is 0.126. The Morgan fingerprint density at radius 3 is 2.65 bits per heavy atom. The highest BCUT2D eigenvalue weighted by Crippen LogP contribution is 2.21. The molecule has 0 bridgehead atoms. The molecule has 20 heavy (non-hydrogen) atoms. The van der Waals surface area contributed by atoms with Crippen LogP contribution in [-0.2, 0) is 0 Å². The van der Waals surface area contributed by atoms with Crippen molar-refractivity contribution < 1.29 is 9.53 Å². The van der Waals surface area contributed by atoms with E-state index in [9.17, 15) is 4.79 Å². The summed E-state index contributed by atoms with van der Waals surface area (Å²) in [5.41, 5.74) is 6.08. The summed E-state index contributed by atoms with van der Waals surface area (Å²) in [6, 6.07) is 7.33. The molecule has 0 aliphatic rings. The lowest BCUT2D eigenvalue weighted by Crippen LogP contribution is -2.49. The van der Waals surface area contributed by atoms with Crippen LogP contribution in [0.15, 0.2) is 24.3 Å². The van der Waals surface area contributed by atoms with Gasteiger partial charge in [-0.15, -0.1) is 0 Å². The SMILES string of the molecule is COc1cccc(N(CCCN)C(=O)NC(C)(C)C)c1. The number of methoxy groups -OCH3 is 1. The van der Waals surface area contributed by atoms with Crippen LogP contribution in [0, 0.1) is 0 Å². The number of urea groups is 1. The number of carbonyl (C=O) groups is 1. The predicted octanol–water partition coefficient (Wildman–Crippen LogP) is 2.36. The third-order valence-corrected chi connectivity index (χ3v) is 2.68. The Bertz CT molecular complexity index is 441. The molecule has 1 aromatic rings. The zero-order valence-electron chi connectivity index (χ0n) is 12.8. The number of rotatable bonds is 5. The van der Waals surface area contributed by atoms with E-state index >= 15 is 0 Å². The lowest BCUT2D eigenvalue weighted by atomic mass is 10.1. The molecule has 5 nitrogen and oxygen atoms in total. The Balaban J connectivity index is 2.95. The van der Waals surface area contributed by atoms with Crippen molar-refractivity contribution in [2.75, 3.05) is 25.1 Å². The molecule has 0 spiro atoms. The quantitative estimate of drug-likeness (QED) is 0.869. The fourth-order valence-electron chi connectivity index (χ4n) is 1.76. The lowest BCUT2D eigenvalue weighted by Gasteiger charge is -2.28. The van der Waals surface area contributed by atoms with Crippen LogP contribution in [0.2, 0.25) is 0 Å². The number of ether oxygens (including phenoxy) is 1. The number of hydrogen-bond donors (Lipinski definition) is 2. The summed E-state index contributed by atoms with van der Waals surface area (Å²) in [4.78, 5) is 14.1. The van der Waals surface area contributed by atoms with Gasteiger partial charge in [-0.3, -0.25) is 4.90 Å². The van der Waals surface area contributed by atoms with Gasteiger partial charge in [-0.05, 0) is 45.9 Å². The van der Waals surface area contributed by atoms with Crippen molar-refractivity contribution in [3.8, 4) is 5.75 Å². The first-order chi connectivity index (χ1) is 9.37. The standard InChI is InChI=1S/C15H25N3O2/c1-15(2,3)17-14(19)18(10-6-9-16)12-7-5-8-13(11-12)20-4/h5,7-8,11H,6,9-10,16H2,1-4H3,(H,17,19). The van der Waals surface area contributed by atoms with Crippen molar-refractivity contribution in [1.29, 1.82) is 0 Å². The zero-order valence-corrected chi connectivity index (χ0v) is 12.8. The van der Waals surface area contributed by atoms with Crippen molar-refractivity contribution in [3.05, 3.63) is 24.3 Å². The van der Waals surface area contributed by atoms with E-state index < -0.39 is 0 Å². The van der Waals surface area contributed by atoms with Crippen LogP contribution < -0.4 is 20.7 Å². The molecule has 0 aliphatic carbocycles. The third kappa shape index (κ3) is 5.09. The minimum atomic E-state index is -0.281. The number of anilines is 1. The van der Waals surface area contributed by atoms with E-state index in [1.807, 2.05) is 45.0 Å². The largest absolute Gasteiger partial charge is 0.497 e. The number of amides is 2. The van der Waals surface area contributed by atoms with Gasteiger partial charge in [0.25, 0.3) is 0 Å². The molecule has 0 atom stereocenters. The summed E-state index contributed by atoms with van der Waals surface area (Å²) in [5, 5.41) is 2.97. The number of benzene rings is 1. The Hall–Kier alpha value is -1.75. The van der Waals surface area contributed by atoms with Crippen LogP contribution in [-0.4, -0.2) is 31.8 Å². The van der Waals surface area contributed by atoms with Crippen LogP contribution in [0.4, 0.5) is 10.5 Å². The second-order valence-corrected chi connectivity index (χ2v) is 5.68. The Labute approximate surface area is 121 Å². The van der Waals surface area contributed by atoms with Gasteiger partial charge < -0.3 is 15.8 Å². The van der Waals surface area contributed by atoms with Crippen molar-refractivity contribution in [2.24, 2.45) is 5.73 Å². The number of nitrogens with two attached hydrogens (primary N) is 1. The Morgan fingerprint density at radius 2 is 2.10 bits per heavy atom. The molecule has 0 fully saturated rings. The fraction of sp³-hybridized carbons (Fsp3) is 0.533. The maximum Gasteiger partial charge on any atom is 0.322 e. The Morgan fingerprint density at radius 1 is 1.40 bits per heavy atom. The van der Waals surface area contributed by atoms with Crippen LogP contribution in [0.5, 0.6) is 5.75 Å². The maximum absolute atomic E-state index is 12.4. The summed E-state index contributed by atoms with van der Waals surface area (Å²) in [7, 11) is 1.61. The molecule has 0 saturated carbocycles. The molecule has 1 aromatic carbocycles. The van der Waals surface area contributed by atoms with E-state index in [2.05, 4.69) is 5.32 Å². The summed E-state index contributed by atoms with van der Waals surface area (Å²) in [6.45, 7) is 6.99. The second kappa shape index (κ2) is 7.14. The average molecular weight is 279 g/mol. The summed E-state index contributed by atoms with van der Waals surface area (Å²) in [5.74, 6) is 0.726. The number of hydrogen-bond acceptors (Lipinski definition) is 3. The first-order valence-corrected chi connectivity index (χ1v) is 6.81. The van der Waals surface area contributed by atoms with Crippen molar-refractivity contribution in [3.63, 3.8) is 0 Å². The number of carbonyl (C=O) groups excluding carboxylic acids is 1. The molecule has 5 heteroatoms. The highest BCUT2D eigenvalue weighted by atomic mass is 16.5. The highest BCUT2D eigenvalue weighted by molar-refractivity contribution is 5.92. The van der Waals surface area contributed by atoms with E-state index in [-0.39, 0.29) is 11.6 Å². The molecule has 0 radical (unpaired) electrons. The van der Waals surface area contributed by atoms with Gasteiger partial charge in [0.1, 0.15) is 5.75 Å². The van der Waals surface area contributed by atoms with E-state index in [0.717, 1.165) is 17.9 Å². The van der Waals surface area contributed by atoms with Crippen molar-refractivity contribution in [1.82, 2.24) is 5.32 Å². The summed E-state index contributed by atoms with van der Waals surface area (Å²) in [6.07, 6.45) is 0.745. The van der Waals surface area contributed by atoms with Crippen LogP contribution >= 0.6 is 0 Å². The van der Waals surface area contributed by atoms with Gasteiger partial charge in [0, 0.05) is 23.8 Å². The van der Waals surface area contributed by atoms with Crippen molar-refractivity contribution in [2.45, 2.75) is 32.7 Å². The van der Waals surface area contributed by atoms with E-state index in [1.165, 1.54) is 0 Å². The number of nitrogens with zero attached hydrogens (tertiary/aromatic N) is 1. The molecule has 1 rings (SSSR count). The van der Waals surface area contributed by atoms with Crippen LogP contribution in [0.1, 0.15) is 27.2 Å². The molecule has 0 heterocycles. The molecule has 3 N–H and O–H groups in total. The molecule has 0 aromatic heterocycles. The maximum atomic E-state index is 12.4. The van der Waals surface area contributed by atoms with Gasteiger partial charge in [0.05, 0.1) is 7.11 Å². The molecular formula is C15H25N3O2. The first kappa shape index (κ1) is 16.3. The summed E-state index contributed by atoms with van der Waals surface area (Å²) >= 11 is 0. The Kier molecular flexibility index (Phi) is 5.82. The van der Waals surface area contributed by atoms with Gasteiger partial charge in [0.15, 0.2) is 0 Å². The normalized spacial score (nSPS) is 11.1. The zero-order chi connectivity index (χ0) is 15.2. The highest BCUT2D eigenvalue weighted by Gasteiger charge is 2.20. The lowest BCUT2D eigenvalue weighted by molar-refractivity contribution is 0.237.